The molecule has 0 saturated carbocycles. The molecule has 1 atom stereocenters. The minimum absolute atomic E-state index is 0.486. The summed E-state index contributed by atoms with van der Waals surface area (Å²) in [7, 11) is 0. The molecule has 0 radical (unpaired) electrons. The first kappa shape index (κ1) is 14.8. The number of amides is 1. The standard InChI is InChI=1S/C15H20N4O3/c20-12(9-17-5-7-18(8-6-17)15(21)22)10-19-11-16-13-3-1-2-4-14(13)19/h1-4,11-12,20H,5-10H2,(H,21,22). The number of aromatic nitrogens is 2. The number of para-hydroxylation sites is 2. The van der Waals surface area contributed by atoms with Crippen LogP contribution in [0.2, 0.25) is 0 Å². The Morgan fingerprint density at radius 3 is 2.64 bits per heavy atom. The monoisotopic (exact) mass is 304 g/mol. The Labute approximate surface area is 128 Å². The number of aliphatic hydroxyl groups is 1. The van der Waals surface area contributed by atoms with Gasteiger partial charge >= 0.3 is 6.09 Å². The molecule has 1 aromatic carbocycles. The Balaban J connectivity index is 1.55. The molecule has 0 aliphatic carbocycles. The van der Waals surface area contributed by atoms with E-state index >= 15 is 0 Å². The highest BCUT2D eigenvalue weighted by molar-refractivity contribution is 5.74. The summed E-state index contributed by atoms with van der Waals surface area (Å²) < 4.78 is 1.95. The summed E-state index contributed by atoms with van der Waals surface area (Å²) in [5.74, 6) is 0. The number of hydrogen-bond donors (Lipinski definition) is 2. The topological polar surface area (TPSA) is 81.8 Å². The molecule has 1 amide bonds. The van der Waals surface area contributed by atoms with Crippen LogP contribution in [0.3, 0.4) is 0 Å². The van der Waals surface area contributed by atoms with Gasteiger partial charge in [-0.25, -0.2) is 9.78 Å². The van der Waals surface area contributed by atoms with Gasteiger partial charge in [-0.2, -0.15) is 0 Å². The lowest BCUT2D eigenvalue weighted by Crippen LogP contribution is -2.50. The van der Waals surface area contributed by atoms with Crippen LogP contribution in [0.5, 0.6) is 0 Å². The molecular weight excluding hydrogens is 284 g/mol. The summed E-state index contributed by atoms with van der Waals surface area (Å²) in [5.41, 5.74) is 1.93. The lowest BCUT2D eigenvalue weighted by atomic mass is 10.2. The summed E-state index contributed by atoms with van der Waals surface area (Å²) in [6.07, 6.45) is 0.370. The number of fused-ring (bicyclic) bond motifs is 1. The van der Waals surface area contributed by atoms with E-state index in [9.17, 15) is 9.90 Å². The molecule has 1 unspecified atom stereocenters. The lowest BCUT2D eigenvalue weighted by Gasteiger charge is -2.34. The van der Waals surface area contributed by atoms with Crippen molar-refractivity contribution in [3.05, 3.63) is 30.6 Å². The lowest BCUT2D eigenvalue weighted by molar-refractivity contribution is 0.0634. The van der Waals surface area contributed by atoms with Gasteiger partial charge in [0.2, 0.25) is 0 Å². The molecule has 1 aliphatic heterocycles. The Kier molecular flexibility index (Phi) is 4.26. The third-order valence-electron chi connectivity index (χ3n) is 4.05. The highest BCUT2D eigenvalue weighted by atomic mass is 16.4. The van der Waals surface area contributed by atoms with Crippen molar-refractivity contribution in [3.63, 3.8) is 0 Å². The first-order chi connectivity index (χ1) is 10.6. The van der Waals surface area contributed by atoms with Crippen LogP contribution in [0.25, 0.3) is 11.0 Å². The number of aliphatic hydroxyl groups excluding tert-OH is 1. The SMILES string of the molecule is O=C(O)N1CCN(CC(O)Cn2cnc3ccccc32)CC1. The Bertz CT molecular complexity index is 649. The van der Waals surface area contributed by atoms with Crippen molar-refractivity contribution >= 4 is 17.1 Å². The second-order valence-electron chi connectivity index (χ2n) is 5.61. The molecule has 2 N–H and O–H groups in total. The van der Waals surface area contributed by atoms with Crippen LogP contribution in [-0.4, -0.2) is 74.5 Å². The van der Waals surface area contributed by atoms with Crippen LogP contribution in [0.4, 0.5) is 4.79 Å². The van der Waals surface area contributed by atoms with Gasteiger partial charge in [-0.3, -0.25) is 4.90 Å². The van der Waals surface area contributed by atoms with Crippen LogP contribution in [-0.2, 0) is 6.54 Å². The van der Waals surface area contributed by atoms with E-state index in [0.717, 1.165) is 11.0 Å². The van der Waals surface area contributed by atoms with E-state index in [1.165, 1.54) is 4.90 Å². The van der Waals surface area contributed by atoms with Crippen molar-refractivity contribution in [2.45, 2.75) is 12.6 Å². The van der Waals surface area contributed by atoms with Crippen LogP contribution < -0.4 is 0 Å². The molecule has 22 heavy (non-hydrogen) atoms. The molecule has 1 fully saturated rings. The average Bonchev–Trinajstić information content (AvgIpc) is 2.91. The second-order valence-corrected chi connectivity index (χ2v) is 5.61. The third-order valence-corrected chi connectivity index (χ3v) is 4.05. The van der Waals surface area contributed by atoms with Gasteiger partial charge in [0.1, 0.15) is 0 Å². The molecule has 3 rings (SSSR count). The smallest absolute Gasteiger partial charge is 0.407 e. The fraction of sp³-hybridized carbons (Fsp3) is 0.467. The van der Waals surface area contributed by atoms with Crippen molar-refractivity contribution in [1.29, 1.82) is 0 Å². The number of hydrogen-bond acceptors (Lipinski definition) is 4. The number of piperazine rings is 1. The molecule has 1 aromatic heterocycles. The summed E-state index contributed by atoms with van der Waals surface area (Å²) >= 11 is 0. The zero-order valence-electron chi connectivity index (χ0n) is 12.3. The molecule has 0 spiro atoms. The van der Waals surface area contributed by atoms with Gasteiger partial charge in [-0.05, 0) is 12.1 Å². The summed E-state index contributed by atoms with van der Waals surface area (Å²) in [6.45, 7) is 3.34. The Morgan fingerprint density at radius 2 is 1.91 bits per heavy atom. The first-order valence-electron chi connectivity index (χ1n) is 7.41. The van der Waals surface area contributed by atoms with Gasteiger partial charge in [0.15, 0.2) is 0 Å². The minimum atomic E-state index is -0.870. The number of nitrogens with zero attached hydrogens (tertiary/aromatic N) is 4. The maximum atomic E-state index is 10.9. The van der Waals surface area contributed by atoms with Gasteiger partial charge in [0, 0.05) is 32.7 Å². The summed E-state index contributed by atoms with van der Waals surface area (Å²) in [5, 5.41) is 19.2. The zero-order chi connectivity index (χ0) is 15.5. The fourth-order valence-electron chi connectivity index (χ4n) is 2.86. The second kappa shape index (κ2) is 6.33. The van der Waals surface area contributed by atoms with E-state index in [2.05, 4.69) is 9.88 Å². The highest BCUT2D eigenvalue weighted by Crippen LogP contribution is 2.13. The van der Waals surface area contributed by atoms with Gasteiger partial charge in [0.25, 0.3) is 0 Å². The van der Waals surface area contributed by atoms with Gasteiger partial charge in [-0.15, -0.1) is 0 Å². The Hall–Kier alpha value is -2.12. The van der Waals surface area contributed by atoms with Crippen molar-refractivity contribution in [2.75, 3.05) is 32.7 Å². The predicted molar refractivity (Wildman–Crippen MR) is 81.8 cm³/mol. The van der Waals surface area contributed by atoms with Crippen LogP contribution in [0, 0.1) is 0 Å². The first-order valence-corrected chi connectivity index (χ1v) is 7.41. The fourth-order valence-corrected chi connectivity index (χ4v) is 2.86. The van der Waals surface area contributed by atoms with Crippen molar-refractivity contribution < 1.29 is 15.0 Å². The van der Waals surface area contributed by atoms with E-state index in [-0.39, 0.29) is 0 Å². The van der Waals surface area contributed by atoms with Crippen LogP contribution in [0.1, 0.15) is 0 Å². The molecular formula is C15H20N4O3. The summed E-state index contributed by atoms with van der Waals surface area (Å²) in [6, 6.07) is 7.83. The van der Waals surface area contributed by atoms with E-state index in [0.29, 0.717) is 39.3 Å². The molecule has 0 bridgehead atoms. The number of rotatable bonds is 4. The zero-order valence-corrected chi connectivity index (χ0v) is 12.3. The molecule has 1 saturated heterocycles. The Morgan fingerprint density at radius 1 is 1.18 bits per heavy atom. The quantitative estimate of drug-likeness (QED) is 0.868. The minimum Gasteiger partial charge on any atom is -0.465 e. The largest absolute Gasteiger partial charge is 0.465 e. The average molecular weight is 304 g/mol. The highest BCUT2D eigenvalue weighted by Gasteiger charge is 2.22. The number of imidazole rings is 1. The van der Waals surface area contributed by atoms with Gasteiger partial charge < -0.3 is 19.7 Å². The van der Waals surface area contributed by atoms with Gasteiger partial charge in [0.05, 0.1) is 30.0 Å². The van der Waals surface area contributed by atoms with Crippen LogP contribution in [0.15, 0.2) is 30.6 Å². The maximum Gasteiger partial charge on any atom is 0.407 e. The maximum absolute atomic E-state index is 10.9. The van der Waals surface area contributed by atoms with Gasteiger partial charge in [-0.1, -0.05) is 12.1 Å². The number of carbonyl (C=O) groups is 1. The molecule has 2 aromatic rings. The van der Waals surface area contributed by atoms with E-state index in [1.807, 2.05) is 28.8 Å². The molecule has 1 aliphatic rings. The van der Waals surface area contributed by atoms with E-state index < -0.39 is 12.2 Å². The molecule has 7 nitrogen and oxygen atoms in total. The van der Waals surface area contributed by atoms with Crippen molar-refractivity contribution in [2.24, 2.45) is 0 Å². The van der Waals surface area contributed by atoms with Crippen LogP contribution >= 0.6 is 0 Å². The van der Waals surface area contributed by atoms with Crippen molar-refractivity contribution in [1.82, 2.24) is 19.4 Å². The third kappa shape index (κ3) is 3.20. The number of carboxylic acid groups (broad SMARTS) is 1. The molecule has 7 heteroatoms. The summed E-state index contributed by atoms with van der Waals surface area (Å²) in [4.78, 5) is 18.7. The van der Waals surface area contributed by atoms with Crippen molar-refractivity contribution in [3.8, 4) is 0 Å². The number of benzene rings is 1. The number of β-amino-alcohol motifs (C(OH)–C–C–N with tert-alkyl or cyclic N) is 1. The predicted octanol–water partition coefficient (Wildman–Crippen LogP) is 0.693. The molecule has 2 heterocycles. The van der Waals surface area contributed by atoms with E-state index in [4.69, 9.17) is 5.11 Å². The van der Waals surface area contributed by atoms with E-state index in [1.54, 1.807) is 6.33 Å². The normalized spacial score (nSPS) is 17.8. The molecule has 118 valence electrons.